The molecule has 2 aliphatic rings. The van der Waals surface area contributed by atoms with Gasteiger partial charge in [0.25, 0.3) is 5.91 Å². The summed E-state index contributed by atoms with van der Waals surface area (Å²) >= 11 is 0. The van der Waals surface area contributed by atoms with Gasteiger partial charge in [0.2, 0.25) is 5.91 Å². The van der Waals surface area contributed by atoms with Crippen molar-refractivity contribution in [3.63, 3.8) is 0 Å². The lowest BCUT2D eigenvalue weighted by molar-refractivity contribution is -0.136. The zero-order valence-electron chi connectivity index (χ0n) is 14.5. The lowest BCUT2D eigenvalue weighted by Gasteiger charge is -2.36. The fraction of sp³-hybridized carbons (Fsp3) is 0.500. The number of benzene rings is 1. The average molecular weight is 345 g/mol. The van der Waals surface area contributed by atoms with E-state index in [9.17, 15) is 14.4 Å². The maximum Gasteiger partial charge on any atom is 0.325 e. The molecule has 2 fully saturated rings. The Labute approximate surface area is 146 Å². The van der Waals surface area contributed by atoms with Crippen LogP contribution in [0.15, 0.2) is 24.3 Å². The van der Waals surface area contributed by atoms with Gasteiger partial charge < -0.3 is 15.4 Å². The molecule has 1 aromatic carbocycles. The Kier molecular flexibility index (Phi) is 4.65. The molecule has 0 bridgehead atoms. The smallest absolute Gasteiger partial charge is 0.325 e. The van der Waals surface area contributed by atoms with Gasteiger partial charge in [0.1, 0.15) is 17.8 Å². The largest absolute Gasteiger partial charge is 0.497 e. The zero-order valence-corrected chi connectivity index (χ0v) is 14.5. The zero-order chi connectivity index (χ0) is 18.0. The minimum atomic E-state index is -0.842. The topological polar surface area (TPSA) is 87.7 Å². The van der Waals surface area contributed by atoms with Crippen molar-refractivity contribution < 1.29 is 19.1 Å². The van der Waals surface area contributed by atoms with Crippen molar-refractivity contribution in [1.29, 1.82) is 0 Å². The van der Waals surface area contributed by atoms with Gasteiger partial charge in [-0.25, -0.2) is 4.79 Å². The predicted octanol–water partition coefficient (Wildman–Crippen LogP) is 2.13. The summed E-state index contributed by atoms with van der Waals surface area (Å²) in [6, 6.07) is 6.42. The minimum Gasteiger partial charge on any atom is -0.497 e. The molecule has 0 radical (unpaired) electrons. The first-order valence-corrected chi connectivity index (χ1v) is 8.54. The van der Waals surface area contributed by atoms with Crippen LogP contribution in [0.3, 0.4) is 0 Å². The van der Waals surface area contributed by atoms with Crippen LogP contribution in [-0.2, 0) is 9.59 Å². The second kappa shape index (κ2) is 6.74. The van der Waals surface area contributed by atoms with E-state index in [0.717, 1.165) is 24.2 Å². The predicted molar refractivity (Wildman–Crippen MR) is 92.2 cm³/mol. The number of amides is 4. The van der Waals surface area contributed by atoms with Gasteiger partial charge >= 0.3 is 6.03 Å². The van der Waals surface area contributed by atoms with Crippen molar-refractivity contribution >= 4 is 23.5 Å². The lowest BCUT2D eigenvalue weighted by Crippen LogP contribution is -2.54. The van der Waals surface area contributed by atoms with Crippen molar-refractivity contribution in [2.75, 3.05) is 19.0 Å². The Morgan fingerprint density at radius 2 is 2.20 bits per heavy atom. The molecule has 2 atom stereocenters. The maximum absolute atomic E-state index is 12.8. The molecule has 1 heterocycles. The Morgan fingerprint density at radius 1 is 1.40 bits per heavy atom. The molecular formula is C18H23N3O4. The van der Waals surface area contributed by atoms with Crippen LogP contribution in [0.1, 0.15) is 32.6 Å². The number of methoxy groups -OCH3 is 1. The monoisotopic (exact) mass is 345 g/mol. The molecule has 1 saturated carbocycles. The number of carbonyl (C=O) groups is 3. The fourth-order valence-corrected chi connectivity index (χ4v) is 3.68. The first-order chi connectivity index (χ1) is 12.0. The molecule has 0 unspecified atom stereocenters. The molecule has 0 aromatic heterocycles. The van der Waals surface area contributed by atoms with E-state index in [1.54, 1.807) is 31.4 Å². The van der Waals surface area contributed by atoms with Gasteiger partial charge in [0.15, 0.2) is 0 Å². The average Bonchev–Trinajstić information content (AvgIpc) is 2.83. The lowest BCUT2D eigenvalue weighted by atomic mass is 9.73. The van der Waals surface area contributed by atoms with Crippen molar-refractivity contribution in [2.45, 2.75) is 38.1 Å². The molecule has 1 aliphatic heterocycles. The maximum atomic E-state index is 12.8. The number of nitrogens with one attached hydrogen (secondary N) is 2. The molecule has 3 rings (SSSR count). The summed E-state index contributed by atoms with van der Waals surface area (Å²) in [4.78, 5) is 38.4. The molecule has 134 valence electrons. The molecule has 7 heteroatoms. The second-order valence-electron chi connectivity index (χ2n) is 6.72. The Hall–Kier alpha value is -2.57. The third-order valence-corrected chi connectivity index (χ3v) is 5.16. The van der Waals surface area contributed by atoms with Gasteiger partial charge in [-0.1, -0.05) is 25.8 Å². The van der Waals surface area contributed by atoms with Gasteiger partial charge in [-0.3, -0.25) is 14.5 Å². The van der Waals surface area contributed by atoms with E-state index in [1.807, 2.05) is 6.92 Å². The summed E-state index contributed by atoms with van der Waals surface area (Å²) < 4.78 is 5.11. The normalized spacial score (nSPS) is 25.8. The van der Waals surface area contributed by atoms with Gasteiger partial charge in [-0.05, 0) is 30.9 Å². The van der Waals surface area contributed by atoms with Crippen LogP contribution in [0.25, 0.3) is 0 Å². The van der Waals surface area contributed by atoms with Crippen LogP contribution in [0.5, 0.6) is 5.75 Å². The molecule has 2 N–H and O–H groups in total. The molecule has 1 aliphatic carbocycles. The van der Waals surface area contributed by atoms with E-state index in [2.05, 4.69) is 10.6 Å². The summed E-state index contributed by atoms with van der Waals surface area (Å²) in [6.45, 7) is 1.69. The highest BCUT2D eigenvalue weighted by Gasteiger charge is 2.55. The highest BCUT2D eigenvalue weighted by molar-refractivity contribution is 6.10. The third kappa shape index (κ3) is 3.18. The fourth-order valence-electron chi connectivity index (χ4n) is 3.68. The molecule has 1 saturated heterocycles. The Morgan fingerprint density at radius 3 is 2.92 bits per heavy atom. The summed E-state index contributed by atoms with van der Waals surface area (Å²) in [6.07, 6.45) is 3.49. The highest BCUT2D eigenvalue weighted by Crippen LogP contribution is 2.38. The number of urea groups is 1. The van der Waals surface area contributed by atoms with Crippen molar-refractivity contribution in [1.82, 2.24) is 10.2 Å². The van der Waals surface area contributed by atoms with Crippen LogP contribution in [0, 0.1) is 5.92 Å². The van der Waals surface area contributed by atoms with Crippen LogP contribution >= 0.6 is 0 Å². The van der Waals surface area contributed by atoms with Crippen LogP contribution < -0.4 is 15.4 Å². The number of hydrogen-bond donors (Lipinski definition) is 2. The number of ether oxygens (including phenoxy) is 1. The van der Waals surface area contributed by atoms with Crippen LogP contribution in [0.2, 0.25) is 0 Å². The summed E-state index contributed by atoms with van der Waals surface area (Å²) in [7, 11) is 1.54. The summed E-state index contributed by atoms with van der Waals surface area (Å²) in [5, 5.41) is 5.54. The van der Waals surface area contributed by atoms with Crippen LogP contribution in [0.4, 0.5) is 10.5 Å². The highest BCUT2D eigenvalue weighted by atomic mass is 16.5. The number of nitrogens with zero attached hydrogens (tertiary/aromatic N) is 1. The van der Waals surface area contributed by atoms with E-state index in [-0.39, 0.29) is 18.4 Å². The quantitative estimate of drug-likeness (QED) is 0.819. The van der Waals surface area contributed by atoms with E-state index in [0.29, 0.717) is 17.9 Å². The standard InChI is InChI=1S/C18H23N3O4/c1-12-6-3-4-9-18(12)16(23)21(17(24)20-18)11-15(22)19-13-7-5-8-14(10-13)25-2/h5,7-8,10,12H,3-4,6,9,11H2,1-2H3,(H,19,22)(H,20,24)/t12-,18+/m1/s1. The Balaban J connectivity index is 1.68. The van der Waals surface area contributed by atoms with Crippen molar-refractivity contribution in [3.05, 3.63) is 24.3 Å². The Bertz CT molecular complexity index is 705. The van der Waals surface area contributed by atoms with E-state index in [1.165, 1.54) is 0 Å². The van der Waals surface area contributed by atoms with Gasteiger partial charge in [0, 0.05) is 11.8 Å². The van der Waals surface area contributed by atoms with E-state index in [4.69, 9.17) is 4.74 Å². The first-order valence-electron chi connectivity index (χ1n) is 8.54. The number of anilines is 1. The molecule has 1 spiro atoms. The molecule has 7 nitrogen and oxygen atoms in total. The third-order valence-electron chi connectivity index (χ3n) is 5.16. The number of hydrogen-bond acceptors (Lipinski definition) is 4. The van der Waals surface area contributed by atoms with Gasteiger partial charge in [0.05, 0.1) is 7.11 Å². The van der Waals surface area contributed by atoms with Gasteiger partial charge in [-0.2, -0.15) is 0 Å². The van der Waals surface area contributed by atoms with E-state index >= 15 is 0 Å². The minimum absolute atomic E-state index is 0.0733. The molecule has 4 amide bonds. The van der Waals surface area contributed by atoms with Crippen LogP contribution in [-0.4, -0.2) is 41.9 Å². The van der Waals surface area contributed by atoms with E-state index < -0.39 is 17.5 Å². The molecule has 25 heavy (non-hydrogen) atoms. The molecular weight excluding hydrogens is 322 g/mol. The summed E-state index contributed by atoms with van der Waals surface area (Å²) in [5.74, 6) is -0.0188. The SMILES string of the molecule is COc1cccc(NC(=O)CN2C(=O)N[C@]3(CCCC[C@H]3C)C2=O)c1. The van der Waals surface area contributed by atoms with Crippen molar-refractivity contribution in [2.24, 2.45) is 5.92 Å². The van der Waals surface area contributed by atoms with Crippen molar-refractivity contribution in [3.8, 4) is 5.75 Å². The number of rotatable bonds is 4. The van der Waals surface area contributed by atoms with Gasteiger partial charge in [-0.15, -0.1) is 0 Å². The first kappa shape index (κ1) is 17.3. The number of carbonyl (C=O) groups excluding carboxylic acids is 3. The second-order valence-corrected chi connectivity index (χ2v) is 6.72. The number of imide groups is 1. The summed E-state index contributed by atoms with van der Waals surface area (Å²) in [5.41, 5.74) is -0.289. The molecule has 1 aromatic rings.